The molecule has 0 unspecified atom stereocenters. The maximum absolute atomic E-state index is 8.65. The van der Waals surface area contributed by atoms with Crippen molar-refractivity contribution in [2.75, 3.05) is 0 Å². The highest BCUT2D eigenvalue weighted by Gasteiger charge is 2.14. The minimum Gasteiger partial charge on any atom is -0.501 e. The van der Waals surface area contributed by atoms with Gasteiger partial charge >= 0.3 is 11.9 Å². The van der Waals surface area contributed by atoms with Gasteiger partial charge in [0.15, 0.2) is 0 Å². The molecule has 0 fully saturated rings. The number of rotatable bonds is 0. The van der Waals surface area contributed by atoms with E-state index in [9.17, 15) is 0 Å². The van der Waals surface area contributed by atoms with Crippen LogP contribution in [0, 0.1) is 0 Å². The van der Waals surface area contributed by atoms with Crippen LogP contribution in [0.1, 0.15) is 0 Å². The first-order chi connectivity index (χ1) is 4.13. The van der Waals surface area contributed by atoms with Crippen molar-refractivity contribution in [3.05, 3.63) is 0 Å². The highest BCUT2D eigenvalue weighted by molar-refractivity contribution is 7.80. The summed E-state index contributed by atoms with van der Waals surface area (Å²) in [5.74, 6) is -1.86. The van der Waals surface area contributed by atoms with Crippen LogP contribution in [-0.2, 0) is 0 Å². The van der Waals surface area contributed by atoms with Crippen LogP contribution in [0.4, 0.5) is 0 Å². The second-order valence-electron chi connectivity index (χ2n) is 1.41. The summed E-state index contributed by atoms with van der Waals surface area (Å²) in [4.78, 5) is -0.160. The first kappa shape index (κ1) is 6.15. The van der Waals surface area contributed by atoms with Gasteiger partial charge < -0.3 is 19.7 Å². The molecule has 0 saturated carbocycles. The maximum Gasteiger partial charge on any atom is 0.330 e. The highest BCUT2D eigenvalue weighted by Crippen LogP contribution is 2.41. The van der Waals surface area contributed by atoms with Crippen molar-refractivity contribution in [3.8, 4) is 17.6 Å². The van der Waals surface area contributed by atoms with Crippen LogP contribution >= 0.6 is 12.6 Å². The van der Waals surface area contributed by atoms with Gasteiger partial charge in [0.25, 0.3) is 0 Å². The first-order valence-corrected chi connectivity index (χ1v) is 2.50. The largest absolute Gasteiger partial charge is 0.501 e. The fourth-order valence-corrected chi connectivity index (χ4v) is 0.532. The van der Waals surface area contributed by atoms with Crippen LogP contribution in [0.15, 0.2) is 9.31 Å². The Hall–Kier alpha value is -0.970. The third-order valence-electron chi connectivity index (χ3n) is 0.823. The second kappa shape index (κ2) is 1.77. The molecule has 3 N–H and O–H groups in total. The minimum absolute atomic E-state index is 0.160. The van der Waals surface area contributed by atoms with Gasteiger partial charge in [0.05, 0.1) is 0 Å². The average molecular weight is 148 g/mol. The van der Waals surface area contributed by atoms with Gasteiger partial charge in [0, 0.05) is 0 Å². The minimum atomic E-state index is -0.725. The van der Waals surface area contributed by atoms with Crippen molar-refractivity contribution in [2.45, 2.75) is 4.90 Å². The predicted octanol–water partition coefficient (Wildman–Crippen LogP) is 0.685. The van der Waals surface area contributed by atoms with E-state index in [4.69, 9.17) is 15.3 Å². The third-order valence-corrected chi connectivity index (χ3v) is 1.23. The van der Waals surface area contributed by atoms with E-state index in [0.717, 1.165) is 0 Å². The molecule has 1 heterocycles. The smallest absolute Gasteiger partial charge is 0.330 e. The monoisotopic (exact) mass is 148 g/mol. The van der Waals surface area contributed by atoms with Gasteiger partial charge in [-0.1, -0.05) is 0 Å². The molecule has 0 amide bonds. The number of hydrogen-bond acceptors (Lipinski definition) is 5. The van der Waals surface area contributed by atoms with E-state index < -0.39 is 17.6 Å². The molecule has 0 aliphatic heterocycles. The van der Waals surface area contributed by atoms with Gasteiger partial charge in [0.2, 0.25) is 5.75 Å². The van der Waals surface area contributed by atoms with E-state index in [1.54, 1.807) is 0 Å². The number of thiol groups is 1. The van der Waals surface area contributed by atoms with E-state index in [1.165, 1.54) is 0 Å². The Morgan fingerprint density at radius 3 is 1.78 bits per heavy atom. The summed E-state index contributed by atoms with van der Waals surface area (Å²) in [6.07, 6.45) is 0. The Labute approximate surface area is 55.8 Å². The van der Waals surface area contributed by atoms with Crippen LogP contribution in [0.25, 0.3) is 0 Å². The zero-order valence-electron chi connectivity index (χ0n) is 4.20. The summed E-state index contributed by atoms with van der Waals surface area (Å²) in [5, 5.41) is 25.7. The Morgan fingerprint density at radius 2 is 1.67 bits per heavy atom. The zero-order valence-corrected chi connectivity index (χ0v) is 5.09. The average Bonchev–Trinajstić information content (AvgIpc) is 1.98. The second-order valence-corrected chi connectivity index (χ2v) is 1.86. The molecule has 0 radical (unpaired) electrons. The van der Waals surface area contributed by atoms with E-state index >= 15 is 0 Å². The molecule has 0 atom stereocenters. The van der Waals surface area contributed by atoms with Crippen LogP contribution < -0.4 is 0 Å². The fraction of sp³-hybridized carbons (Fsp3) is 0. The summed E-state index contributed by atoms with van der Waals surface area (Å²) < 4.78 is 4.13. The summed E-state index contributed by atoms with van der Waals surface area (Å²) >= 11 is 3.58. The van der Waals surface area contributed by atoms with Gasteiger partial charge in [-0.05, 0) is 0 Å². The predicted molar refractivity (Wildman–Crippen MR) is 31.0 cm³/mol. The molecule has 0 spiro atoms. The standard InChI is InChI=1S/C4H4O4S/c5-1-2(9)4(7)8-3(1)6/h5-7,9H. The molecule has 4 nitrogen and oxygen atoms in total. The SMILES string of the molecule is Oc1oc(O)c(S)c1O. The molecule has 9 heavy (non-hydrogen) atoms. The molecule has 0 aliphatic carbocycles. The van der Waals surface area contributed by atoms with Crippen molar-refractivity contribution in [3.63, 3.8) is 0 Å². The number of hydrogen-bond donors (Lipinski definition) is 4. The Balaban J connectivity index is 3.29. The van der Waals surface area contributed by atoms with Crippen molar-refractivity contribution < 1.29 is 19.7 Å². The topological polar surface area (TPSA) is 73.8 Å². The molecule has 1 rings (SSSR count). The lowest BCUT2D eigenvalue weighted by Crippen LogP contribution is -1.57. The van der Waals surface area contributed by atoms with E-state index in [-0.39, 0.29) is 4.90 Å². The van der Waals surface area contributed by atoms with Gasteiger partial charge in [-0.15, -0.1) is 12.6 Å². The normalized spacial score (nSPS) is 9.89. The molecule has 0 aliphatic rings. The van der Waals surface area contributed by atoms with Crippen LogP contribution in [0.3, 0.4) is 0 Å². The lowest BCUT2D eigenvalue weighted by atomic mass is 10.6. The fourth-order valence-electron chi connectivity index (χ4n) is 0.391. The zero-order chi connectivity index (χ0) is 7.02. The molecule has 1 aromatic heterocycles. The molecule has 1 aromatic rings. The molecule has 0 saturated heterocycles. The van der Waals surface area contributed by atoms with E-state index in [0.29, 0.717) is 0 Å². The number of aromatic hydroxyl groups is 3. The summed E-state index contributed by atoms with van der Waals surface area (Å²) in [6.45, 7) is 0. The highest BCUT2D eigenvalue weighted by atomic mass is 32.1. The van der Waals surface area contributed by atoms with Gasteiger partial charge in [-0.2, -0.15) is 0 Å². The Kier molecular flexibility index (Phi) is 1.21. The van der Waals surface area contributed by atoms with Crippen LogP contribution in [0.5, 0.6) is 17.6 Å². The molecular formula is C4H4O4S. The van der Waals surface area contributed by atoms with Crippen molar-refractivity contribution in [1.29, 1.82) is 0 Å². The first-order valence-electron chi connectivity index (χ1n) is 2.05. The van der Waals surface area contributed by atoms with E-state index in [1.807, 2.05) is 0 Å². The Morgan fingerprint density at radius 1 is 1.11 bits per heavy atom. The quantitative estimate of drug-likeness (QED) is 0.408. The Bertz CT molecular complexity index is 206. The lowest BCUT2D eigenvalue weighted by Gasteiger charge is -1.81. The molecule has 0 bridgehead atoms. The summed E-state index contributed by atoms with van der Waals surface area (Å²) in [6, 6.07) is 0. The van der Waals surface area contributed by atoms with Crippen molar-refractivity contribution in [1.82, 2.24) is 0 Å². The summed E-state index contributed by atoms with van der Waals surface area (Å²) in [7, 11) is 0. The van der Waals surface area contributed by atoms with Crippen LogP contribution in [0.2, 0.25) is 0 Å². The lowest BCUT2D eigenvalue weighted by molar-refractivity contribution is 0.254. The van der Waals surface area contributed by atoms with Gasteiger partial charge in [-0.25, -0.2) is 0 Å². The summed E-state index contributed by atoms with van der Waals surface area (Å²) in [5.41, 5.74) is 0. The van der Waals surface area contributed by atoms with Gasteiger partial charge in [0.1, 0.15) is 4.90 Å². The van der Waals surface area contributed by atoms with Crippen molar-refractivity contribution >= 4 is 12.6 Å². The van der Waals surface area contributed by atoms with E-state index in [2.05, 4.69) is 17.0 Å². The maximum atomic E-state index is 8.65. The molecular weight excluding hydrogens is 144 g/mol. The molecule has 50 valence electrons. The van der Waals surface area contributed by atoms with Crippen molar-refractivity contribution in [2.24, 2.45) is 0 Å². The van der Waals surface area contributed by atoms with Gasteiger partial charge in [-0.3, -0.25) is 0 Å². The van der Waals surface area contributed by atoms with Crippen LogP contribution in [-0.4, -0.2) is 15.3 Å². The third kappa shape index (κ3) is 0.787. The molecule has 5 heteroatoms. The number of furan rings is 1. The molecule has 0 aromatic carbocycles.